The lowest BCUT2D eigenvalue weighted by molar-refractivity contribution is -0.136. The van der Waals surface area contributed by atoms with Crippen LogP contribution in [0.15, 0.2) is 11.6 Å². The van der Waals surface area contributed by atoms with Crippen molar-refractivity contribution in [1.29, 1.82) is 0 Å². The Morgan fingerprint density at radius 1 is 1.38 bits per heavy atom. The fourth-order valence-electron chi connectivity index (χ4n) is 1.27. The molecule has 0 aromatic heterocycles. The van der Waals surface area contributed by atoms with Crippen molar-refractivity contribution in [2.45, 2.75) is 46.1 Å². The van der Waals surface area contributed by atoms with E-state index in [9.17, 15) is 4.79 Å². The molecule has 0 aliphatic rings. The van der Waals surface area contributed by atoms with Crippen molar-refractivity contribution < 1.29 is 9.53 Å². The van der Waals surface area contributed by atoms with Gasteiger partial charge in [-0.2, -0.15) is 0 Å². The van der Waals surface area contributed by atoms with Crippen molar-refractivity contribution in [3.05, 3.63) is 11.6 Å². The monoisotopic (exact) mass is 227 g/mol. The zero-order valence-corrected chi connectivity index (χ0v) is 11.5. The van der Waals surface area contributed by atoms with E-state index in [0.29, 0.717) is 6.42 Å². The normalized spacial score (nSPS) is 13.1. The number of hydrogen-bond acceptors (Lipinski definition) is 3. The largest absolute Gasteiger partial charge is 0.466 e. The summed E-state index contributed by atoms with van der Waals surface area (Å²) in [5, 5.41) is 0. The molecule has 0 radical (unpaired) electrons. The van der Waals surface area contributed by atoms with Gasteiger partial charge in [0.1, 0.15) is 0 Å². The van der Waals surface area contributed by atoms with Gasteiger partial charge < -0.3 is 4.74 Å². The van der Waals surface area contributed by atoms with E-state index in [4.69, 9.17) is 4.74 Å². The quantitative estimate of drug-likeness (QED) is 0.516. The summed E-state index contributed by atoms with van der Waals surface area (Å²) in [4.78, 5) is 13.6. The maximum absolute atomic E-state index is 11.4. The summed E-state index contributed by atoms with van der Waals surface area (Å²) in [6, 6.07) is 0. The Bertz CT molecular complexity index is 257. The standard InChI is InChI=1S/C13H25NO2/c1-7-11(12(15)16-6)9-10-14(5)13(3,4)8-2/h9H,7-8,10H2,1-6H3. The van der Waals surface area contributed by atoms with E-state index in [1.54, 1.807) is 0 Å². The molecule has 0 aromatic rings. The Balaban J connectivity index is 4.50. The van der Waals surface area contributed by atoms with Crippen molar-refractivity contribution in [2.24, 2.45) is 0 Å². The molecule has 0 fully saturated rings. The topological polar surface area (TPSA) is 29.5 Å². The number of nitrogens with zero attached hydrogens (tertiary/aromatic N) is 1. The molecule has 0 aliphatic heterocycles. The molecule has 0 N–H and O–H groups in total. The Kier molecular flexibility index (Phi) is 6.34. The minimum absolute atomic E-state index is 0.158. The molecular weight excluding hydrogens is 202 g/mol. The summed E-state index contributed by atoms with van der Waals surface area (Å²) in [6.45, 7) is 9.31. The smallest absolute Gasteiger partial charge is 0.333 e. The minimum Gasteiger partial charge on any atom is -0.466 e. The van der Waals surface area contributed by atoms with Crippen LogP contribution in [0.5, 0.6) is 0 Å². The van der Waals surface area contributed by atoms with Crippen LogP contribution < -0.4 is 0 Å². The van der Waals surface area contributed by atoms with E-state index in [-0.39, 0.29) is 11.5 Å². The SMILES string of the molecule is CCC(=CCN(C)C(C)(C)CC)C(=O)OC. The number of hydrogen-bond donors (Lipinski definition) is 0. The molecule has 0 aliphatic carbocycles. The van der Waals surface area contributed by atoms with Gasteiger partial charge in [-0.3, -0.25) is 4.90 Å². The minimum atomic E-state index is -0.217. The highest BCUT2D eigenvalue weighted by Gasteiger charge is 2.20. The predicted molar refractivity (Wildman–Crippen MR) is 67.4 cm³/mol. The van der Waals surface area contributed by atoms with Gasteiger partial charge in [0.05, 0.1) is 7.11 Å². The number of carbonyl (C=O) groups is 1. The lowest BCUT2D eigenvalue weighted by atomic mass is 10.00. The van der Waals surface area contributed by atoms with Crippen LogP contribution in [0.2, 0.25) is 0 Å². The van der Waals surface area contributed by atoms with Crippen LogP contribution in [0.25, 0.3) is 0 Å². The molecule has 16 heavy (non-hydrogen) atoms. The summed E-state index contributed by atoms with van der Waals surface area (Å²) in [5.74, 6) is -0.217. The van der Waals surface area contributed by atoms with Gasteiger partial charge in [-0.05, 0) is 33.7 Å². The summed E-state index contributed by atoms with van der Waals surface area (Å²) >= 11 is 0. The van der Waals surface area contributed by atoms with Gasteiger partial charge in [0.25, 0.3) is 0 Å². The fourth-order valence-corrected chi connectivity index (χ4v) is 1.27. The van der Waals surface area contributed by atoms with Crippen molar-refractivity contribution >= 4 is 5.97 Å². The van der Waals surface area contributed by atoms with E-state index in [1.807, 2.05) is 13.0 Å². The number of esters is 1. The zero-order chi connectivity index (χ0) is 12.8. The second kappa shape index (κ2) is 6.69. The van der Waals surface area contributed by atoms with Crippen LogP contribution in [-0.2, 0) is 9.53 Å². The molecule has 0 atom stereocenters. The molecule has 0 heterocycles. The highest BCUT2D eigenvalue weighted by atomic mass is 16.5. The summed E-state index contributed by atoms with van der Waals surface area (Å²) in [7, 11) is 3.50. The Morgan fingerprint density at radius 3 is 2.31 bits per heavy atom. The first-order chi connectivity index (χ1) is 7.38. The third-order valence-corrected chi connectivity index (χ3v) is 3.34. The molecule has 0 unspecified atom stereocenters. The average molecular weight is 227 g/mol. The van der Waals surface area contributed by atoms with Crippen molar-refractivity contribution in [3.63, 3.8) is 0 Å². The van der Waals surface area contributed by atoms with Crippen molar-refractivity contribution in [2.75, 3.05) is 20.7 Å². The molecule has 0 bridgehead atoms. The highest BCUT2D eigenvalue weighted by molar-refractivity contribution is 5.88. The van der Waals surface area contributed by atoms with Crippen molar-refractivity contribution in [1.82, 2.24) is 4.90 Å². The molecule has 3 heteroatoms. The van der Waals surface area contributed by atoms with Gasteiger partial charge in [-0.15, -0.1) is 0 Å². The van der Waals surface area contributed by atoms with E-state index < -0.39 is 0 Å². The van der Waals surface area contributed by atoms with Gasteiger partial charge in [0.15, 0.2) is 0 Å². The maximum atomic E-state index is 11.4. The maximum Gasteiger partial charge on any atom is 0.333 e. The van der Waals surface area contributed by atoms with Gasteiger partial charge in [0, 0.05) is 17.7 Å². The lowest BCUT2D eigenvalue weighted by Gasteiger charge is -2.34. The van der Waals surface area contributed by atoms with Crippen LogP contribution in [0.1, 0.15) is 40.5 Å². The molecule has 0 rings (SSSR count). The Morgan fingerprint density at radius 2 is 1.94 bits per heavy atom. The molecule has 0 spiro atoms. The van der Waals surface area contributed by atoms with E-state index in [1.165, 1.54) is 7.11 Å². The lowest BCUT2D eigenvalue weighted by Crippen LogP contribution is -2.40. The van der Waals surface area contributed by atoms with Crippen LogP contribution >= 0.6 is 0 Å². The Hall–Kier alpha value is -0.830. The van der Waals surface area contributed by atoms with Gasteiger partial charge in [0.2, 0.25) is 0 Å². The number of ether oxygens (including phenoxy) is 1. The van der Waals surface area contributed by atoms with Crippen LogP contribution in [0.3, 0.4) is 0 Å². The van der Waals surface area contributed by atoms with Crippen molar-refractivity contribution in [3.8, 4) is 0 Å². The third-order valence-electron chi connectivity index (χ3n) is 3.34. The number of rotatable bonds is 6. The highest BCUT2D eigenvalue weighted by Crippen LogP contribution is 2.16. The predicted octanol–water partition coefficient (Wildman–Crippen LogP) is 2.62. The first-order valence-corrected chi connectivity index (χ1v) is 5.87. The first kappa shape index (κ1) is 15.2. The third kappa shape index (κ3) is 4.35. The van der Waals surface area contributed by atoms with E-state index in [2.05, 4.69) is 32.7 Å². The molecule has 0 saturated heterocycles. The summed E-state index contributed by atoms with van der Waals surface area (Å²) < 4.78 is 4.72. The van der Waals surface area contributed by atoms with Crippen LogP contribution in [0, 0.1) is 0 Å². The van der Waals surface area contributed by atoms with Gasteiger partial charge in [-0.1, -0.05) is 19.9 Å². The molecule has 0 saturated carbocycles. The van der Waals surface area contributed by atoms with Gasteiger partial charge in [-0.25, -0.2) is 4.79 Å². The molecule has 3 nitrogen and oxygen atoms in total. The molecule has 0 aromatic carbocycles. The number of methoxy groups -OCH3 is 1. The summed E-state index contributed by atoms with van der Waals surface area (Å²) in [5.41, 5.74) is 0.909. The van der Waals surface area contributed by atoms with Gasteiger partial charge >= 0.3 is 5.97 Å². The van der Waals surface area contributed by atoms with E-state index >= 15 is 0 Å². The second-order valence-electron chi connectivity index (χ2n) is 4.62. The number of likely N-dealkylation sites (N-methyl/N-ethyl adjacent to an activating group) is 1. The first-order valence-electron chi connectivity index (χ1n) is 5.87. The van der Waals surface area contributed by atoms with E-state index in [0.717, 1.165) is 18.5 Å². The average Bonchev–Trinajstić information content (AvgIpc) is 2.28. The second-order valence-corrected chi connectivity index (χ2v) is 4.62. The fraction of sp³-hybridized carbons (Fsp3) is 0.769. The summed E-state index contributed by atoms with van der Waals surface area (Å²) in [6.07, 6.45) is 3.76. The molecule has 94 valence electrons. The molecule has 0 amide bonds. The zero-order valence-electron chi connectivity index (χ0n) is 11.5. The Labute approximate surface area is 99.5 Å². The van der Waals surface area contributed by atoms with Crippen LogP contribution in [-0.4, -0.2) is 37.1 Å². The molecular formula is C13H25NO2. The number of carbonyl (C=O) groups excluding carboxylic acids is 1. The van der Waals surface area contributed by atoms with Crippen LogP contribution in [0.4, 0.5) is 0 Å².